The zero-order valence-electron chi connectivity index (χ0n) is 13.2. The van der Waals surface area contributed by atoms with Gasteiger partial charge in [-0.25, -0.2) is 0 Å². The van der Waals surface area contributed by atoms with Crippen molar-refractivity contribution in [2.45, 2.75) is 33.5 Å². The van der Waals surface area contributed by atoms with E-state index in [9.17, 15) is 9.59 Å². The number of hydrogen-bond donors (Lipinski definition) is 1. The molecule has 3 heterocycles. The molecular formula is C16H19N5O2. The molecule has 2 aromatic rings. The third kappa shape index (κ3) is 3.23. The van der Waals surface area contributed by atoms with E-state index in [0.29, 0.717) is 31.7 Å². The molecule has 7 nitrogen and oxygen atoms in total. The van der Waals surface area contributed by atoms with E-state index in [0.717, 1.165) is 17.0 Å². The minimum Gasteiger partial charge on any atom is -0.351 e. The molecule has 120 valence electrons. The van der Waals surface area contributed by atoms with Crippen LogP contribution in [0.4, 0.5) is 0 Å². The Morgan fingerprint density at radius 2 is 2.17 bits per heavy atom. The van der Waals surface area contributed by atoms with Gasteiger partial charge in [-0.1, -0.05) is 0 Å². The number of aromatic nitrogens is 3. The summed E-state index contributed by atoms with van der Waals surface area (Å²) in [4.78, 5) is 29.5. The highest BCUT2D eigenvalue weighted by atomic mass is 16.2. The first-order valence-corrected chi connectivity index (χ1v) is 7.54. The summed E-state index contributed by atoms with van der Waals surface area (Å²) >= 11 is 0. The lowest BCUT2D eigenvalue weighted by molar-refractivity contribution is -0.119. The van der Waals surface area contributed by atoms with Crippen molar-refractivity contribution in [3.63, 3.8) is 0 Å². The highest BCUT2D eigenvalue weighted by Crippen LogP contribution is 2.17. The molecule has 0 saturated heterocycles. The highest BCUT2D eigenvalue weighted by Gasteiger charge is 2.24. The van der Waals surface area contributed by atoms with E-state index in [2.05, 4.69) is 15.4 Å². The van der Waals surface area contributed by atoms with Gasteiger partial charge >= 0.3 is 0 Å². The van der Waals surface area contributed by atoms with Gasteiger partial charge in [0.05, 0.1) is 31.0 Å². The lowest BCUT2D eigenvalue weighted by Crippen LogP contribution is -2.38. The smallest absolute Gasteiger partial charge is 0.254 e. The summed E-state index contributed by atoms with van der Waals surface area (Å²) in [6.45, 7) is 5.58. The second kappa shape index (κ2) is 6.20. The molecule has 1 N–H and O–H groups in total. The fourth-order valence-corrected chi connectivity index (χ4v) is 2.68. The molecule has 0 bridgehead atoms. The van der Waals surface area contributed by atoms with Crippen LogP contribution in [0.15, 0.2) is 24.5 Å². The average molecular weight is 313 g/mol. The van der Waals surface area contributed by atoms with Crippen LogP contribution >= 0.6 is 0 Å². The summed E-state index contributed by atoms with van der Waals surface area (Å²) in [5.41, 5.74) is 3.36. The number of pyridine rings is 1. The topological polar surface area (TPSA) is 80.1 Å². The third-order valence-corrected chi connectivity index (χ3v) is 3.90. The fourth-order valence-electron chi connectivity index (χ4n) is 2.68. The van der Waals surface area contributed by atoms with Gasteiger partial charge in [-0.2, -0.15) is 5.10 Å². The summed E-state index contributed by atoms with van der Waals surface area (Å²) in [6, 6.07) is 3.70. The van der Waals surface area contributed by atoms with E-state index in [1.54, 1.807) is 18.5 Å². The molecular weight excluding hydrogens is 294 g/mol. The Balaban J connectivity index is 1.74. The van der Waals surface area contributed by atoms with Crippen molar-refractivity contribution >= 4 is 11.8 Å². The first-order valence-electron chi connectivity index (χ1n) is 7.54. The van der Waals surface area contributed by atoms with Crippen molar-refractivity contribution in [3.8, 4) is 0 Å². The summed E-state index contributed by atoms with van der Waals surface area (Å²) in [5, 5.41) is 7.20. The second-order valence-electron chi connectivity index (χ2n) is 5.68. The van der Waals surface area contributed by atoms with Gasteiger partial charge in [0.2, 0.25) is 5.91 Å². The maximum atomic E-state index is 12.7. The van der Waals surface area contributed by atoms with Crippen LogP contribution in [0.25, 0.3) is 0 Å². The van der Waals surface area contributed by atoms with Crippen LogP contribution in [0.1, 0.15) is 34.2 Å². The summed E-state index contributed by atoms with van der Waals surface area (Å²) in [7, 11) is 0. The average Bonchev–Trinajstić information content (AvgIpc) is 2.94. The summed E-state index contributed by atoms with van der Waals surface area (Å²) in [6.07, 6.45) is 3.34. The SMILES string of the molecule is CC(=O)NCc1cc2n(n1)CCN(C(=O)c1ccncc1C)C2. The zero-order chi connectivity index (χ0) is 16.4. The number of nitrogens with one attached hydrogen (secondary N) is 1. The number of aryl methyl sites for hydroxylation is 1. The van der Waals surface area contributed by atoms with Crippen molar-refractivity contribution < 1.29 is 9.59 Å². The van der Waals surface area contributed by atoms with Gasteiger partial charge in [-0.05, 0) is 24.6 Å². The Kier molecular flexibility index (Phi) is 4.10. The molecule has 0 saturated carbocycles. The van der Waals surface area contributed by atoms with Crippen LogP contribution in [0.5, 0.6) is 0 Å². The molecule has 23 heavy (non-hydrogen) atoms. The Hall–Kier alpha value is -2.70. The molecule has 0 atom stereocenters. The third-order valence-electron chi connectivity index (χ3n) is 3.90. The van der Waals surface area contributed by atoms with E-state index in [4.69, 9.17) is 0 Å². The minimum atomic E-state index is -0.0825. The van der Waals surface area contributed by atoms with Crippen molar-refractivity contribution in [3.05, 3.63) is 47.0 Å². The number of fused-ring (bicyclic) bond motifs is 1. The van der Waals surface area contributed by atoms with Crippen LogP contribution in [0, 0.1) is 6.92 Å². The summed E-state index contributed by atoms with van der Waals surface area (Å²) < 4.78 is 1.90. The predicted molar refractivity (Wildman–Crippen MR) is 83.5 cm³/mol. The molecule has 1 aliphatic rings. The molecule has 1 aliphatic heterocycles. The minimum absolute atomic E-state index is 0.0146. The van der Waals surface area contributed by atoms with Crippen molar-refractivity contribution in [1.29, 1.82) is 0 Å². The van der Waals surface area contributed by atoms with Gasteiger partial charge in [-0.3, -0.25) is 19.3 Å². The molecule has 0 unspecified atom stereocenters. The number of amides is 2. The van der Waals surface area contributed by atoms with Gasteiger partial charge in [0.15, 0.2) is 0 Å². The molecule has 7 heteroatoms. The van der Waals surface area contributed by atoms with Crippen LogP contribution in [-0.2, 0) is 24.4 Å². The number of nitrogens with zero attached hydrogens (tertiary/aromatic N) is 4. The van der Waals surface area contributed by atoms with Crippen LogP contribution in [0.2, 0.25) is 0 Å². The first kappa shape index (κ1) is 15.2. The zero-order valence-corrected chi connectivity index (χ0v) is 13.2. The molecule has 2 amide bonds. The largest absolute Gasteiger partial charge is 0.351 e. The van der Waals surface area contributed by atoms with E-state index >= 15 is 0 Å². The van der Waals surface area contributed by atoms with Crippen molar-refractivity contribution in [2.75, 3.05) is 6.54 Å². The number of carbonyl (C=O) groups is 2. The fraction of sp³-hybridized carbons (Fsp3) is 0.375. The number of rotatable bonds is 3. The van der Waals surface area contributed by atoms with E-state index in [1.807, 2.05) is 22.6 Å². The van der Waals surface area contributed by atoms with Gasteiger partial charge in [-0.15, -0.1) is 0 Å². The normalized spacial score (nSPS) is 13.6. The Morgan fingerprint density at radius 1 is 1.35 bits per heavy atom. The molecule has 0 fully saturated rings. The number of carbonyl (C=O) groups excluding carboxylic acids is 2. The van der Waals surface area contributed by atoms with Crippen molar-refractivity contribution in [2.24, 2.45) is 0 Å². The Morgan fingerprint density at radius 3 is 2.91 bits per heavy atom. The molecule has 3 rings (SSSR count). The maximum Gasteiger partial charge on any atom is 0.254 e. The Bertz CT molecular complexity index is 753. The lowest BCUT2D eigenvalue weighted by atomic mass is 10.1. The first-order chi connectivity index (χ1) is 11.0. The van der Waals surface area contributed by atoms with Gasteiger partial charge in [0.1, 0.15) is 0 Å². The molecule has 0 spiro atoms. The van der Waals surface area contributed by atoms with Crippen LogP contribution in [-0.4, -0.2) is 38.0 Å². The Labute approximate surface area is 134 Å². The van der Waals surface area contributed by atoms with E-state index in [-0.39, 0.29) is 11.8 Å². The second-order valence-corrected chi connectivity index (χ2v) is 5.68. The van der Waals surface area contributed by atoms with Gasteiger partial charge in [0.25, 0.3) is 5.91 Å². The monoisotopic (exact) mass is 313 g/mol. The van der Waals surface area contributed by atoms with E-state index < -0.39 is 0 Å². The highest BCUT2D eigenvalue weighted by molar-refractivity contribution is 5.95. The molecule has 2 aromatic heterocycles. The van der Waals surface area contributed by atoms with Gasteiger partial charge in [0, 0.05) is 31.4 Å². The lowest BCUT2D eigenvalue weighted by Gasteiger charge is -2.28. The molecule has 0 radical (unpaired) electrons. The summed E-state index contributed by atoms with van der Waals surface area (Å²) in [5.74, 6) is -0.0679. The quantitative estimate of drug-likeness (QED) is 0.912. The van der Waals surface area contributed by atoms with Gasteiger partial charge < -0.3 is 10.2 Å². The molecule has 0 aliphatic carbocycles. The number of hydrogen-bond acceptors (Lipinski definition) is 4. The molecule has 0 aromatic carbocycles. The van der Waals surface area contributed by atoms with Crippen LogP contribution < -0.4 is 5.32 Å². The predicted octanol–water partition coefficient (Wildman–Crippen LogP) is 0.879. The van der Waals surface area contributed by atoms with E-state index in [1.165, 1.54) is 6.92 Å². The van der Waals surface area contributed by atoms with Crippen LogP contribution in [0.3, 0.4) is 0 Å². The maximum absolute atomic E-state index is 12.7. The van der Waals surface area contributed by atoms with Crippen molar-refractivity contribution in [1.82, 2.24) is 25.0 Å². The standard InChI is InChI=1S/C16H19N5O2/c1-11-8-17-4-3-15(11)16(23)20-5-6-21-14(10-20)7-13(19-21)9-18-12(2)22/h3-4,7-8H,5-6,9-10H2,1-2H3,(H,18,22).